The van der Waals surface area contributed by atoms with Crippen molar-refractivity contribution in [3.8, 4) is 21.8 Å². The van der Waals surface area contributed by atoms with E-state index in [1.165, 1.54) is 15.9 Å². The van der Waals surface area contributed by atoms with Gasteiger partial charge in [-0.3, -0.25) is 14.2 Å². The Morgan fingerprint density at radius 3 is 2.77 bits per heavy atom. The number of rotatable bonds is 4. The van der Waals surface area contributed by atoms with Crippen LogP contribution in [0.4, 0.5) is 0 Å². The molecule has 130 valence electrons. The molecule has 7 heteroatoms. The highest BCUT2D eigenvalue weighted by Gasteiger charge is 2.19. The largest absolute Gasteiger partial charge is 0.480 e. The lowest BCUT2D eigenvalue weighted by molar-refractivity contribution is -0.137. The van der Waals surface area contributed by atoms with Crippen LogP contribution < -0.4 is 5.56 Å². The monoisotopic (exact) mass is 382 g/mol. The summed E-state index contributed by atoms with van der Waals surface area (Å²) >= 11 is 2.94. The van der Waals surface area contributed by atoms with Crippen molar-refractivity contribution in [2.75, 3.05) is 0 Å². The van der Waals surface area contributed by atoms with Gasteiger partial charge in [-0.25, -0.2) is 4.98 Å². The minimum absolute atomic E-state index is 0.321. The highest BCUT2D eigenvalue weighted by atomic mass is 32.1. The third-order valence-corrected chi connectivity index (χ3v) is 5.83. The maximum absolute atomic E-state index is 13.2. The molecule has 0 unspecified atom stereocenters. The number of aliphatic carboxylic acids is 1. The minimum atomic E-state index is -1.07. The lowest BCUT2D eigenvalue weighted by Gasteiger charge is -2.11. The van der Waals surface area contributed by atoms with Crippen LogP contribution in [0, 0.1) is 6.92 Å². The van der Waals surface area contributed by atoms with Crippen LogP contribution in [0.25, 0.3) is 32.0 Å². The summed E-state index contributed by atoms with van der Waals surface area (Å²) in [5, 5.41) is 13.7. The molecule has 5 nitrogen and oxygen atoms in total. The van der Waals surface area contributed by atoms with Gasteiger partial charge in [0, 0.05) is 21.4 Å². The van der Waals surface area contributed by atoms with Crippen LogP contribution in [0.15, 0.2) is 52.0 Å². The first kappa shape index (κ1) is 16.7. The first-order valence-electron chi connectivity index (χ1n) is 7.89. The molecule has 3 heterocycles. The van der Waals surface area contributed by atoms with E-state index >= 15 is 0 Å². The van der Waals surface area contributed by atoms with Crippen molar-refractivity contribution >= 4 is 38.9 Å². The van der Waals surface area contributed by atoms with E-state index in [2.05, 4.69) is 4.98 Å². The van der Waals surface area contributed by atoms with Gasteiger partial charge in [0.1, 0.15) is 17.2 Å². The molecule has 1 aromatic carbocycles. The summed E-state index contributed by atoms with van der Waals surface area (Å²) in [5.41, 5.74) is 2.24. The fourth-order valence-corrected chi connectivity index (χ4v) is 4.68. The quantitative estimate of drug-likeness (QED) is 0.573. The fourth-order valence-electron chi connectivity index (χ4n) is 2.92. The topological polar surface area (TPSA) is 72.2 Å². The van der Waals surface area contributed by atoms with Gasteiger partial charge in [-0.05, 0) is 24.4 Å². The second-order valence-electron chi connectivity index (χ2n) is 5.90. The Labute approximate surface area is 156 Å². The molecule has 26 heavy (non-hydrogen) atoms. The molecule has 0 fully saturated rings. The predicted octanol–water partition coefficient (Wildman–Crippen LogP) is 4.25. The molecule has 0 aliphatic carbocycles. The Morgan fingerprint density at radius 2 is 2.08 bits per heavy atom. The van der Waals surface area contributed by atoms with Gasteiger partial charge in [-0.1, -0.05) is 29.8 Å². The van der Waals surface area contributed by atoms with Gasteiger partial charge in [0.2, 0.25) is 0 Å². The zero-order valence-corrected chi connectivity index (χ0v) is 15.4. The van der Waals surface area contributed by atoms with Gasteiger partial charge < -0.3 is 5.11 Å². The molecule has 0 aliphatic heterocycles. The number of hydrogen-bond acceptors (Lipinski definition) is 5. The maximum atomic E-state index is 13.2. The second kappa shape index (κ2) is 6.51. The molecule has 4 aromatic rings. The molecule has 1 N–H and O–H groups in total. The van der Waals surface area contributed by atoms with E-state index in [0.717, 1.165) is 21.6 Å². The fraction of sp³-hybridized carbons (Fsp3) is 0.105. The van der Waals surface area contributed by atoms with Crippen molar-refractivity contribution < 1.29 is 9.90 Å². The van der Waals surface area contributed by atoms with Gasteiger partial charge >= 0.3 is 5.97 Å². The van der Waals surface area contributed by atoms with Crippen molar-refractivity contribution in [3.63, 3.8) is 0 Å². The Hall–Kier alpha value is -2.77. The van der Waals surface area contributed by atoms with Crippen LogP contribution in [0.3, 0.4) is 0 Å². The van der Waals surface area contributed by atoms with Gasteiger partial charge in [0.15, 0.2) is 0 Å². The molecule has 4 rings (SSSR count). The van der Waals surface area contributed by atoms with Crippen LogP contribution in [0.1, 0.15) is 5.56 Å². The SMILES string of the molecule is Cc1cccc(-c2nc3scc(-c4cccs4)c3c(=O)n2CC(=O)O)c1. The third kappa shape index (κ3) is 2.85. The maximum Gasteiger partial charge on any atom is 0.323 e. The number of fused-ring (bicyclic) bond motifs is 1. The Morgan fingerprint density at radius 1 is 1.23 bits per heavy atom. The van der Waals surface area contributed by atoms with Gasteiger partial charge in [0.25, 0.3) is 5.56 Å². The van der Waals surface area contributed by atoms with Crippen molar-refractivity contribution in [1.82, 2.24) is 9.55 Å². The zero-order valence-electron chi connectivity index (χ0n) is 13.8. The molecule has 0 saturated carbocycles. The predicted molar refractivity (Wildman–Crippen MR) is 105 cm³/mol. The molecule has 0 aliphatic rings. The number of aromatic nitrogens is 2. The summed E-state index contributed by atoms with van der Waals surface area (Å²) in [4.78, 5) is 30.8. The smallest absolute Gasteiger partial charge is 0.323 e. The molecular formula is C19H14N2O3S2. The number of benzene rings is 1. The summed E-state index contributed by atoms with van der Waals surface area (Å²) in [5.74, 6) is -0.691. The summed E-state index contributed by atoms with van der Waals surface area (Å²) in [6.45, 7) is 1.52. The molecule has 0 saturated heterocycles. The number of aryl methyl sites for hydroxylation is 1. The standard InChI is InChI=1S/C19H14N2O3S2/c1-11-4-2-5-12(8-11)17-20-18-16(19(24)21(17)9-15(22)23)13(10-26-18)14-6-3-7-25-14/h2-8,10H,9H2,1H3,(H,22,23). The van der Waals surface area contributed by atoms with Gasteiger partial charge in [-0.2, -0.15) is 0 Å². The summed E-state index contributed by atoms with van der Waals surface area (Å²) in [6, 6.07) is 11.4. The molecular weight excluding hydrogens is 368 g/mol. The van der Waals surface area contributed by atoms with Crippen LogP contribution in [-0.4, -0.2) is 20.6 Å². The Bertz CT molecular complexity index is 1170. The van der Waals surface area contributed by atoms with Crippen molar-refractivity contribution in [1.29, 1.82) is 0 Å². The van der Waals surface area contributed by atoms with E-state index in [1.54, 1.807) is 11.3 Å². The molecule has 3 aromatic heterocycles. The second-order valence-corrected chi connectivity index (χ2v) is 7.70. The molecule has 0 bridgehead atoms. The Balaban J connectivity index is 2.04. The lowest BCUT2D eigenvalue weighted by atomic mass is 10.1. The van der Waals surface area contributed by atoms with E-state index < -0.39 is 12.5 Å². The number of thiophene rings is 2. The number of carboxylic acids is 1. The average Bonchev–Trinajstić information content (AvgIpc) is 3.26. The number of nitrogens with zero attached hydrogens (tertiary/aromatic N) is 2. The summed E-state index contributed by atoms with van der Waals surface area (Å²) in [7, 11) is 0. The number of hydrogen-bond donors (Lipinski definition) is 1. The summed E-state index contributed by atoms with van der Waals surface area (Å²) in [6.07, 6.45) is 0. The van der Waals surface area contributed by atoms with Crippen LogP contribution in [-0.2, 0) is 11.3 Å². The molecule has 0 atom stereocenters. The highest BCUT2D eigenvalue weighted by molar-refractivity contribution is 7.18. The van der Waals surface area contributed by atoms with Crippen LogP contribution >= 0.6 is 22.7 Å². The highest BCUT2D eigenvalue weighted by Crippen LogP contribution is 2.34. The van der Waals surface area contributed by atoms with Gasteiger partial charge in [0.05, 0.1) is 5.39 Å². The first-order chi connectivity index (χ1) is 12.5. The van der Waals surface area contributed by atoms with Crippen LogP contribution in [0.2, 0.25) is 0 Å². The average molecular weight is 382 g/mol. The van der Waals surface area contributed by atoms with Crippen molar-refractivity contribution in [2.24, 2.45) is 0 Å². The minimum Gasteiger partial charge on any atom is -0.480 e. The molecule has 0 spiro atoms. The molecule has 0 amide bonds. The van der Waals surface area contributed by atoms with Crippen LogP contribution in [0.5, 0.6) is 0 Å². The van der Waals surface area contributed by atoms with Gasteiger partial charge in [-0.15, -0.1) is 22.7 Å². The van der Waals surface area contributed by atoms with E-state index in [4.69, 9.17) is 0 Å². The number of carbonyl (C=O) groups is 1. The van der Waals surface area contributed by atoms with E-state index in [-0.39, 0.29) is 5.56 Å². The van der Waals surface area contributed by atoms with E-state index in [1.807, 2.05) is 54.1 Å². The summed E-state index contributed by atoms with van der Waals surface area (Å²) < 4.78 is 1.25. The first-order valence-corrected chi connectivity index (χ1v) is 9.65. The normalized spacial score (nSPS) is 11.1. The molecule has 0 radical (unpaired) electrons. The van der Waals surface area contributed by atoms with E-state index in [0.29, 0.717) is 16.0 Å². The third-order valence-electron chi connectivity index (χ3n) is 4.05. The van der Waals surface area contributed by atoms with Crippen molar-refractivity contribution in [3.05, 3.63) is 63.1 Å². The van der Waals surface area contributed by atoms with E-state index in [9.17, 15) is 14.7 Å². The zero-order chi connectivity index (χ0) is 18.3. The Kier molecular flexibility index (Phi) is 4.18. The number of carboxylic acid groups (broad SMARTS) is 1. The van der Waals surface area contributed by atoms with Crippen molar-refractivity contribution in [2.45, 2.75) is 13.5 Å². The lowest BCUT2D eigenvalue weighted by Crippen LogP contribution is -2.26.